The highest BCUT2D eigenvalue weighted by Gasteiger charge is 2.29. The summed E-state index contributed by atoms with van der Waals surface area (Å²) in [6.07, 6.45) is 11.2. The SMILES string of the molecule is CS(=O)(=O)NCc1cc(F)cc(-c2cncc3[nH]c(-c4n[nH]c5cnc(-c6cncc(NC(=O)C7CC7)c6)cc45)cc23)c1. The van der Waals surface area contributed by atoms with E-state index in [-0.39, 0.29) is 18.4 Å². The molecule has 0 spiro atoms. The van der Waals surface area contributed by atoms with Crippen molar-refractivity contribution in [2.45, 2.75) is 19.4 Å². The zero-order valence-corrected chi connectivity index (χ0v) is 23.7. The zero-order chi connectivity index (χ0) is 29.7. The highest BCUT2D eigenvalue weighted by Crippen LogP contribution is 2.35. The number of nitrogens with one attached hydrogen (secondary N) is 4. The number of halogens is 1. The van der Waals surface area contributed by atoms with Crippen LogP contribution < -0.4 is 10.0 Å². The van der Waals surface area contributed by atoms with Crippen LogP contribution in [0.1, 0.15) is 18.4 Å². The predicted molar refractivity (Wildman–Crippen MR) is 161 cm³/mol. The molecular formula is C30H25FN8O3S. The summed E-state index contributed by atoms with van der Waals surface area (Å²) in [7, 11) is -3.44. The molecule has 1 aromatic carbocycles. The van der Waals surface area contributed by atoms with E-state index in [1.807, 2.05) is 18.2 Å². The third kappa shape index (κ3) is 5.59. The normalized spacial score (nSPS) is 13.5. The monoisotopic (exact) mass is 596 g/mol. The van der Waals surface area contributed by atoms with Crippen molar-refractivity contribution in [1.82, 2.24) is 34.9 Å². The van der Waals surface area contributed by atoms with Crippen molar-refractivity contribution in [3.8, 4) is 33.8 Å². The van der Waals surface area contributed by atoms with Crippen LogP contribution >= 0.6 is 0 Å². The lowest BCUT2D eigenvalue weighted by Crippen LogP contribution is -2.21. The van der Waals surface area contributed by atoms with Gasteiger partial charge in [-0.2, -0.15) is 5.10 Å². The van der Waals surface area contributed by atoms with Gasteiger partial charge in [0, 0.05) is 46.8 Å². The number of pyridine rings is 3. The number of aromatic amines is 2. The first-order valence-corrected chi connectivity index (χ1v) is 15.4. The van der Waals surface area contributed by atoms with Crippen molar-refractivity contribution < 1.29 is 17.6 Å². The molecule has 11 nitrogen and oxygen atoms in total. The maximum Gasteiger partial charge on any atom is 0.227 e. The van der Waals surface area contributed by atoms with Gasteiger partial charge in [0.15, 0.2) is 0 Å². The Morgan fingerprint density at radius 1 is 0.953 bits per heavy atom. The van der Waals surface area contributed by atoms with Crippen LogP contribution in [0, 0.1) is 11.7 Å². The van der Waals surface area contributed by atoms with Gasteiger partial charge in [-0.05, 0) is 60.4 Å². The van der Waals surface area contributed by atoms with E-state index in [1.165, 1.54) is 12.1 Å². The number of aromatic nitrogens is 6. The van der Waals surface area contributed by atoms with Crippen LogP contribution in [0.3, 0.4) is 0 Å². The summed E-state index contributed by atoms with van der Waals surface area (Å²) in [6, 6.07) is 10.1. The minimum Gasteiger partial charge on any atom is -0.352 e. The predicted octanol–water partition coefficient (Wildman–Crippen LogP) is 4.77. The van der Waals surface area contributed by atoms with Gasteiger partial charge in [-0.3, -0.25) is 24.8 Å². The van der Waals surface area contributed by atoms with E-state index in [0.717, 1.165) is 46.5 Å². The summed E-state index contributed by atoms with van der Waals surface area (Å²) in [6.45, 7) is -0.0354. The standard InChI is InChI=1S/C30H25FN8O3S/c1-43(41,42)35-10-16-4-18(6-20(31)5-16)24-13-33-14-27-22(24)8-26(37-27)29-23-9-25(34-15-28(23)38-39-29)19-7-21(12-32-11-19)36-30(40)17-2-3-17/h4-9,11-15,17,35,37H,2-3,10H2,1H3,(H,36,40)(H,38,39). The van der Waals surface area contributed by atoms with E-state index >= 15 is 0 Å². The molecule has 0 radical (unpaired) electrons. The minimum atomic E-state index is -3.44. The molecule has 1 amide bonds. The van der Waals surface area contributed by atoms with Gasteiger partial charge in [0.2, 0.25) is 15.9 Å². The maximum absolute atomic E-state index is 14.6. The molecule has 1 fully saturated rings. The second-order valence-electron chi connectivity index (χ2n) is 10.7. The van der Waals surface area contributed by atoms with E-state index in [2.05, 4.69) is 40.2 Å². The van der Waals surface area contributed by atoms with Crippen LogP contribution in [-0.2, 0) is 21.4 Å². The third-order valence-electron chi connectivity index (χ3n) is 7.30. The first-order chi connectivity index (χ1) is 20.7. The van der Waals surface area contributed by atoms with Gasteiger partial charge in [0.05, 0.1) is 53.0 Å². The maximum atomic E-state index is 14.6. The number of anilines is 1. The number of fused-ring (bicyclic) bond motifs is 2. The summed E-state index contributed by atoms with van der Waals surface area (Å²) in [5, 5.41) is 12.1. The number of sulfonamides is 1. The summed E-state index contributed by atoms with van der Waals surface area (Å²) in [5.41, 5.74) is 6.58. The molecule has 1 saturated carbocycles. The summed E-state index contributed by atoms with van der Waals surface area (Å²) < 4.78 is 40.1. The fourth-order valence-corrected chi connectivity index (χ4v) is 5.48. The number of nitrogens with zero attached hydrogens (tertiary/aromatic N) is 4. The van der Waals surface area contributed by atoms with Gasteiger partial charge in [0.1, 0.15) is 11.5 Å². The molecule has 0 unspecified atom stereocenters. The van der Waals surface area contributed by atoms with Gasteiger partial charge in [-0.1, -0.05) is 0 Å². The molecule has 5 heterocycles. The van der Waals surface area contributed by atoms with Crippen LogP contribution in [-0.4, -0.2) is 50.7 Å². The highest BCUT2D eigenvalue weighted by atomic mass is 32.2. The van der Waals surface area contributed by atoms with Gasteiger partial charge in [0.25, 0.3) is 0 Å². The molecule has 0 aliphatic heterocycles. The molecule has 7 rings (SSSR count). The molecule has 216 valence electrons. The van der Waals surface area contributed by atoms with Gasteiger partial charge >= 0.3 is 0 Å². The minimum absolute atomic E-state index is 0.00666. The Labute approximate surface area is 245 Å². The summed E-state index contributed by atoms with van der Waals surface area (Å²) >= 11 is 0. The lowest BCUT2D eigenvalue weighted by molar-refractivity contribution is -0.117. The van der Waals surface area contributed by atoms with E-state index < -0.39 is 15.8 Å². The molecule has 0 atom stereocenters. The Morgan fingerprint density at radius 2 is 1.79 bits per heavy atom. The second kappa shape index (κ2) is 10.4. The van der Waals surface area contributed by atoms with E-state index in [9.17, 15) is 17.6 Å². The number of carbonyl (C=O) groups is 1. The molecule has 0 bridgehead atoms. The summed E-state index contributed by atoms with van der Waals surface area (Å²) in [5.74, 6) is -0.398. The molecule has 1 aliphatic carbocycles. The average Bonchev–Trinajstić information content (AvgIpc) is 3.61. The van der Waals surface area contributed by atoms with E-state index in [1.54, 1.807) is 37.1 Å². The fourth-order valence-electron chi connectivity index (χ4n) is 5.05. The number of benzene rings is 1. The first kappa shape index (κ1) is 26.9. The second-order valence-corrected chi connectivity index (χ2v) is 12.5. The smallest absolute Gasteiger partial charge is 0.227 e. The van der Waals surface area contributed by atoms with E-state index in [4.69, 9.17) is 0 Å². The van der Waals surface area contributed by atoms with Crippen LogP contribution in [0.4, 0.5) is 10.1 Å². The van der Waals surface area contributed by atoms with Crippen LogP contribution in [0.5, 0.6) is 0 Å². The largest absolute Gasteiger partial charge is 0.352 e. The van der Waals surface area contributed by atoms with Crippen LogP contribution in [0.25, 0.3) is 55.6 Å². The Balaban J connectivity index is 1.25. The van der Waals surface area contributed by atoms with Crippen molar-refractivity contribution in [2.24, 2.45) is 5.92 Å². The fraction of sp³-hybridized carbons (Fsp3) is 0.167. The van der Waals surface area contributed by atoms with E-state index in [0.29, 0.717) is 39.5 Å². The number of hydrogen-bond acceptors (Lipinski definition) is 7. The van der Waals surface area contributed by atoms with Crippen LogP contribution in [0.15, 0.2) is 67.4 Å². The Morgan fingerprint density at radius 3 is 2.60 bits per heavy atom. The molecule has 1 aliphatic rings. The van der Waals surface area contributed by atoms with Crippen molar-refractivity contribution in [1.29, 1.82) is 0 Å². The van der Waals surface area contributed by atoms with Crippen molar-refractivity contribution in [3.05, 3.63) is 78.8 Å². The lowest BCUT2D eigenvalue weighted by atomic mass is 10.0. The van der Waals surface area contributed by atoms with Gasteiger partial charge in [-0.15, -0.1) is 0 Å². The molecule has 5 aromatic heterocycles. The first-order valence-electron chi connectivity index (χ1n) is 13.5. The van der Waals surface area contributed by atoms with Crippen molar-refractivity contribution in [3.63, 3.8) is 0 Å². The quantitative estimate of drug-likeness (QED) is 0.197. The average molecular weight is 597 g/mol. The third-order valence-corrected chi connectivity index (χ3v) is 7.97. The number of hydrogen-bond donors (Lipinski definition) is 4. The topological polar surface area (TPSA) is 158 Å². The van der Waals surface area contributed by atoms with Gasteiger partial charge < -0.3 is 10.3 Å². The Kier molecular flexibility index (Phi) is 6.47. The number of H-pyrrole nitrogens is 2. The zero-order valence-electron chi connectivity index (χ0n) is 22.8. The molecule has 6 aromatic rings. The number of amides is 1. The van der Waals surface area contributed by atoms with Crippen molar-refractivity contribution >= 4 is 43.4 Å². The highest BCUT2D eigenvalue weighted by molar-refractivity contribution is 7.88. The Hall–Kier alpha value is -5.01. The molecular weight excluding hydrogens is 571 g/mol. The number of carbonyl (C=O) groups excluding carboxylic acids is 1. The molecule has 0 saturated heterocycles. The van der Waals surface area contributed by atoms with Gasteiger partial charge in [-0.25, -0.2) is 17.5 Å². The van der Waals surface area contributed by atoms with Crippen LogP contribution in [0.2, 0.25) is 0 Å². The number of rotatable bonds is 8. The molecule has 4 N–H and O–H groups in total. The lowest BCUT2D eigenvalue weighted by Gasteiger charge is -2.08. The Bertz CT molecular complexity index is 2150. The van der Waals surface area contributed by atoms with Crippen molar-refractivity contribution in [2.75, 3.05) is 11.6 Å². The molecule has 13 heteroatoms. The molecule has 43 heavy (non-hydrogen) atoms. The summed E-state index contributed by atoms with van der Waals surface area (Å²) in [4.78, 5) is 28.8.